The van der Waals surface area contributed by atoms with Crippen molar-refractivity contribution in [1.29, 1.82) is 0 Å². The average Bonchev–Trinajstić information content (AvgIpc) is 2.16. The van der Waals surface area contributed by atoms with Crippen LogP contribution in [0.5, 0.6) is 0 Å². The fraction of sp³-hybridized carbons (Fsp3) is 0.556. The highest BCUT2D eigenvalue weighted by Crippen LogP contribution is 2.33. The van der Waals surface area contributed by atoms with Crippen LogP contribution in [0.15, 0.2) is 12.4 Å². The van der Waals surface area contributed by atoms with Crippen LogP contribution in [0, 0.1) is 0 Å². The summed E-state index contributed by atoms with van der Waals surface area (Å²) in [6.07, 6.45) is 6.97. The first-order valence-corrected chi connectivity index (χ1v) is 4.79. The minimum Gasteiger partial charge on any atom is -0.364 e. The van der Waals surface area contributed by atoms with Gasteiger partial charge in [0.15, 0.2) is 5.82 Å². The lowest BCUT2D eigenvalue weighted by Crippen LogP contribution is -2.41. The number of hydrogen-bond donors (Lipinski definition) is 3. The van der Waals surface area contributed by atoms with Gasteiger partial charge in [-0.3, -0.25) is 4.98 Å². The molecule has 0 unspecified atom stereocenters. The van der Waals surface area contributed by atoms with Gasteiger partial charge in [-0.2, -0.15) is 0 Å². The van der Waals surface area contributed by atoms with E-state index in [1.807, 2.05) is 0 Å². The second-order valence-electron chi connectivity index (χ2n) is 3.97. The molecule has 1 saturated carbocycles. The summed E-state index contributed by atoms with van der Waals surface area (Å²) in [4.78, 5) is 8.28. The first-order valence-electron chi connectivity index (χ1n) is 4.79. The maximum atomic E-state index is 5.25. The summed E-state index contributed by atoms with van der Waals surface area (Å²) in [5.74, 6) is 6.61. The third-order valence-corrected chi connectivity index (χ3v) is 2.67. The van der Waals surface area contributed by atoms with E-state index in [0.29, 0.717) is 5.82 Å². The summed E-state index contributed by atoms with van der Waals surface area (Å²) in [7, 11) is 0. The number of nitrogens with one attached hydrogen (secondary N) is 2. The molecule has 1 aliphatic rings. The monoisotopic (exact) mass is 193 g/mol. The second kappa shape index (κ2) is 3.42. The van der Waals surface area contributed by atoms with Crippen LogP contribution in [-0.2, 0) is 0 Å². The molecule has 1 aliphatic carbocycles. The molecular formula is C9H15N5. The molecule has 0 amide bonds. The minimum atomic E-state index is 0.196. The highest BCUT2D eigenvalue weighted by Gasteiger charge is 2.31. The molecular weight excluding hydrogens is 178 g/mol. The molecule has 4 N–H and O–H groups in total. The van der Waals surface area contributed by atoms with E-state index in [9.17, 15) is 0 Å². The fourth-order valence-corrected chi connectivity index (χ4v) is 1.64. The first kappa shape index (κ1) is 9.21. The van der Waals surface area contributed by atoms with Crippen molar-refractivity contribution < 1.29 is 0 Å². The van der Waals surface area contributed by atoms with Crippen LogP contribution >= 0.6 is 0 Å². The van der Waals surface area contributed by atoms with Crippen LogP contribution < -0.4 is 16.6 Å². The van der Waals surface area contributed by atoms with Crippen molar-refractivity contribution in [1.82, 2.24) is 9.97 Å². The van der Waals surface area contributed by atoms with Gasteiger partial charge in [-0.25, -0.2) is 10.8 Å². The van der Waals surface area contributed by atoms with Crippen molar-refractivity contribution >= 4 is 11.6 Å². The van der Waals surface area contributed by atoms with Crippen LogP contribution in [0.2, 0.25) is 0 Å². The molecule has 76 valence electrons. The maximum absolute atomic E-state index is 5.25. The lowest BCUT2D eigenvalue weighted by atomic mass is 9.78. The highest BCUT2D eigenvalue weighted by molar-refractivity contribution is 5.42. The third-order valence-electron chi connectivity index (χ3n) is 2.67. The van der Waals surface area contributed by atoms with Crippen LogP contribution in [0.1, 0.15) is 26.2 Å². The Labute approximate surface area is 83.1 Å². The van der Waals surface area contributed by atoms with E-state index in [0.717, 1.165) is 5.82 Å². The maximum Gasteiger partial charge on any atom is 0.160 e. The predicted molar refractivity (Wildman–Crippen MR) is 55.7 cm³/mol. The zero-order valence-electron chi connectivity index (χ0n) is 8.25. The van der Waals surface area contributed by atoms with E-state index in [4.69, 9.17) is 5.84 Å². The summed E-state index contributed by atoms with van der Waals surface area (Å²) < 4.78 is 0. The van der Waals surface area contributed by atoms with Gasteiger partial charge in [0.2, 0.25) is 0 Å². The molecule has 1 aromatic rings. The number of anilines is 2. The van der Waals surface area contributed by atoms with Crippen molar-refractivity contribution in [2.24, 2.45) is 5.84 Å². The number of aromatic nitrogens is 2. The Morgan fingerprint density at radius 1 is 1.36 bits per heavy atom. The summed E-state index contributed by atoms with van der Waals surface area (Å²) in [6.45, 7) is 2.20. The van der Waals surface area contributed by atoms with Crippen LogP contribution in [-0.4, -0.2) is 15.5 Å². The molecule has 1 aromatic heterocycles. The highest BCUT2D eigenvalue weighted by atomic mass is 15.3. The topological polar surface area (TPSA) is 75.9 Å². The predicted octanol–water partition coefficient (Wildman–Crippen LogP) is 1.12. The molecule has 0 spiro atoms. The lowest BCUT2D eigenvalue weighted by Gasteiger charge is -2.39. The van der Waals surface area contributed by atoms with Gasteiger partial charge in [0.05, 0.1) is 12.4 Å². The van der Waals surface area contributed by atoms with E-state index >= 15 is 0 Å². The van der Waals surface area contributed by atoms with E-state index in [1.165, 1.54) is 19.3 Å². The van der Waals surface area contributed by atoms with Gasteiger partial charge in [-0.15, -0.1) is 0 Å². The van der Waals surface area contributed by atoms with E-state index in [2.05, 4.69) is 27.6 Å². The molecule has 0 aromatic carbocycles. The van der Waals surface area contributed by atoms with E-state index in [-0.39, 0.29) is 5.54 Å². The zero-order valence-corrected chi connectivity index (χ0v) is 8.25. The van der Waals surface area contributed by atoms with Gasteiger partial charge >= 0.3 is 0 Å². The third kappa shape index (κ3) is 1.77. The number of nitrogens with zero attached hydrogens (tertiary/aromatic N) is 2. The summed E-state index contributed by atoms with van der Waals surface area (Å²) in [6, 6.07) is 0. The minimum absolute atomic E-state index is 0.196. The van der Waals surface area contributed by atoms with Crippen molar-refractivity contribution in [2.45, 2.75) is 31.7 Å². The molecule has 0 saturated heterocycles. The largest absolute Gasteiger partial charge is 0.364 e. The van der Waals surface area contributed by atoms with Gasteiger partial charge in [-0.05, 0) is 26.2 Å². The summed E-state index contributed by atoms with van der Waals surface area (Å²) in [5.41, 5.74) is 2.67. The van der Waals surface area contributed by atoms with Crippen LogP contribution in [0.3, 0.4) is 0 Å². The molecule has 5 nitrogen and oxygen atoms in total. The van der Waals surface area contributed by atoms with Crippen molar-refractivity contribution in [3.8, 4) is 0 Å². The fourth-order valence-electron chi connectivity index (χ4n) is 1.64. The van der Waals surface area contributed by atoms with E-state index in [1.54, 1.807) is 12.4 Å². The van der Waals surface area contributed by atoms with Gasteiger partial charge < -0.3 is 10.7 Å². The van der Waals surface area contributed by atoms with Crippen molar-refractivity contribution in [2.75, 3.05) is 10.7 Å². The van der Waals surface area contributed by atoms with Crippen molar-refractivity contribution in [3.05, 3.63) is 12.4 Å². The smallest absolute Gasteiger partial charge is 0.160 e. The SMILES string of the molecule is CC1(Nc2cncc(NN)n2)CCC1. The summed E-state index contributed by atoms with van der Waals surface area (Å²) in [5, 5.41) is 3.36. The Bertz CT molecular complexity index is 321. The molecule has 0 bridgehead atoms. The van der Waals surface area contributed by atoms with Crippen molar-refractivity contribution in [3.63, 3.8) is 0 Å². The molecule has 1 heterocycles. The Balaban J connectivity index is 2.08. The number of rotatable bonds is 3. The Kier molecular flexibility index (Phi) is 2.25. The molecule has 5 heteroatoms. The quantitative estimate of drug-likeness (QED) is 0.495. The van der Waals surface area contributed by atoms with Gasteiger partial charge in [-0.1, -0.05) is 0 Å². The molecule has 0 atom stereocenters. The van der Waals surface area contributed by atoms with Gasteiger partial charge in [0, 0.05) is 5.54 Å². The van der Waals surface area contributed by atoms with Crippen LogP contribution in [0.25, 0.3) is 0 Å². The Morgan fingerprint density at radius 2 is 2.07 bits per heavy atom. The molecule has 14 heavy (non-hydrogen) atoms. The molecule has 2 rings (SSSR count). The Hall–Kier alpha value is -1.36. The lowest BCUT2D eigenvalue weighted by molar-refractivity contribution is 0.305. The summed E-state index contributed by atoms with van der Waals surface area (Å²) >= 11 is 0. The molecule has 0 aliphatic heterocycles. The first-order chi connectivity index (χ1) is 6.72. The Morgan fingerprint density at radius 3 is 2.64 bits per heavy atom. The number of hydrogen-bond acceptors (Lipinski definition) is 5. The average molecular weight is 193 g/mol. The molecule has 0 radical (unpaired) electrons. The van der Waals surface area contributed by atoms with E-state index < -0.39 is 0 Å². The number of hydrazine groups is 1. The normalized spacial score (nSPS) is 18.4. The standard InChI is InChI=1S/C9H15N5/c1-9(3-2-4-9)13-7-5-11-6-8(12-7)14-10/h5-6H,2-4,10H2,1H3,(H2,12,13,14). The van der Waals surface area contributed by atoms with Crippen LogP contribution in [0.4, 0.5) is 11.6 Å². The second-order valence-corrected chi connectivity index (χ2v) is 3.97. The molecule has 1 fully saturated rings. The number of nitrogens with two attached hydrogens (primary N) is 1. The number of nitrogen functional groups attached to an aromatic ring is 1. The van der Waals surface area contributed by atoms with Gasteiger partial charge in [0.25, 0.3) is 0 Å². The zero-order chi connectivity index (χ0) is 10.0. The van der Waals surface area contributed by atoms with Gasteiger partial charge in [0.1, 0.15) is 5.82 Å².